The van der Waals surface area contributed by atoms with Crippen molar-refractivity contribution in [1.82, 2.24) is 24.3 Å². The number of β-amino-alcohol motifs (C(OH)–C–C–N with tert-alkyl or cyclic N) is 1. The first-order chi connectivity index (χ1) is 16.0. The Morgan fingerprint density at radius 3 is 2.73 bits per heavy atom. The molecule has 1 aliphatic carbocycles. The van der Waals surface area contributed by atoms with Crippen LogP contribution in [0, 0.1) is 5.92 Å². The fraction of sp³-hybridized carbons (Fsp3) is 0.400. The van der Waals surface area contributed by atoms with Crippen LogP contribution in [0.4, 0.5) is 0 Å². The maximum absolute atomic E-state index is 12.3. The minimum atomic E-state index is -0.567. The zero-order chi connectivity index (χ0) is 22.7. The van der Waals surface area contributed by atoms with Gasteiger partial charge in [-0.3, -0.25) is 9.20 Å². The monoisotopic (exact) mass is 445 g/mol. The number of aliphatic hydroxyl groups excluding tert-OH is 1. The van der Waals surface area contributed by atoms with E-state index in [9.17, 15) is 9.90 Å². The van der Waals surface area contributed by atoms with Gasteiger partial charge in [-0.2, -0.15) is 0 Å². The van der Waals surface area contributed by atoms with Gasteiger partial charge in [0.25, 0.3) is 0 Å². The van der Waals surface area contributed by atoms with Gasteiger partial charge in [-0.15, -0.1) is 0 Å². The molecule has 3 aromatic heterocycles. The zero-order valence-electron chi connectivity index (χ0n) is 18.7. The molecule has 8 nitrogen and oxygen atoms in total. The molecule has 33 heavy (non-hydrogen) atoms. The number of amides is 1. The van der Waals surface area contributed by atoms with E-state index >= 15 is 0 Å². The lowest BCUT2D eigenvalue weighted by Crippen LogP contribution is -2.30. The van der Waals surface area contributed by atoms with Crippen molar-refractivity contribution >= 4 is 22.6 Å². The molecule has 1 aliphatic heterocycles. The van der Waals surface area contributed by atoms with Crippen LogP contribution >= 0.6 is 0 Å². The van der Waals surface area contributed by atoms with Gasteiger partial charge in [-0.1, -0.05) is 0 Å². The van der Waals surface area contributed by atoms with Gasteiger partial charge < -0.3 is 19.7 Å². The summed E-state index contributed by atoms with van der Waals surface area (Å²) in [4.78, 5) is 26.8. The van der Waals surface area contributed by atoms with Crippen LogP contribution in [0.1, 0.15) is 45.0 Å². The number of carbonyl (C=O) groups is 1. The number of nitrogens with zero attached hydrogens (tertiary/aromatic N) is 4. The highest BCUT2D eigenvalue weighted by atomic mass is 16.5. The molecule has 0 spiro atoms. The number of fused-ring (bicyclic) bond motifs is 3. The lowest BCUT2D eigenvalue weighted by Gasteiger charge is -2.22. The number of benzene rings is 1. The molecule has 1 saturated heterocycles. The van der Waals surface area contributed by atoms with Crippen LogP contribution in [0.5, 0.6) is 5.75 Å². The van der Waals surface area contributed by atoms with Crippen LogP contribution in [0.3, 0.4) is 0 Å². The van der Waals surface area contributed by atoms with Crippen LogP contribution in [-0.2, 0) is 4.79 Å². The Kier molecular flexibility index (Phi) is 4.65. The summed E-state index contributed by atoms with van der Waals surface area (Å²) in [6.07, 6.45) is 6.27. The van der Waals surface area contributed by atoms with Crippen LogP contribution in [0.2, 0.25) is 0 Å². The van der Waals surface area contributed by atoms with Crippen molar-refractivity contribution in [3.8, 4) is 17.0 Å². The van der Waals surface area contributed by atoms with Crippen molar-refractivity contribution in [3.05, 3.63) is 48.5 Å². The van der Waals surface area contributed by atoms with Gasteiger partial charge in [0.05, 0.1) is 41.2 Å². The molecular weight excluding hydrogens is 418 g/mol. The Hall–Kier alpha value is -3.39. The quantitative estimate of drug-likeness (QED) is 0.488. The summed E-state index contributed by atoms with van der Waals surface area (Å²) < 4.78 is 8.15. The number of aliphatic hydroxyl groups is 1. The van der Waals surface area contributed by atoms with Gasteiger partial charge in [-0.25, -0.2) is 9.97 Å². The van der Waals surface area contributed by atoms with E-state index in [0.29, 0.717) is 18.9 Å². The number of imidazole rings is 1. The smallest absolute Gasteiger partial charge is 0.220 e. The number of hydrogen-bond donors (Lipinski definition) is 2. The highest BCUT2D eigenvalue weighted by molar-refractivity contribution is 5.84. The standard InChI is InChI=1S/C25H27N5O3/c1-14(16-3-4-16)33-19-7-5-17(6-8-19)23-22-12-27-24-20(9-10-26-24)30(22)25(28-23)21-11-18(32)13-29(21)15(2)31/h5-10,12,14,16,18,21,26,32H,3-4,11,13H2,1-2H3. The predicted molar refractivity (Wildman–Crippen MR) is 124 cm³/mol. The minimum absolute atomic E-state index is 0.0690. The molecule has 4 aromatic rings. The van der Waals surface area contributed by atoms with Gasteiger partial charge in [-0.05, 0) is 56.0 Å². The van der Waals surface area contributed by atoms with E-state index in [4.69, 9.17) is 9.72 Å². The van der Waals surface area contributed by atoms with E-state index in [1.165, 1.54) is 19.8 Å². The number of hydrogen-bond acceptors (Lipinski definition) is 5. The van der Waals surface area contributed by atoms with Crippen LogP contribution in [0.25, 0.3) is 27.9 Å². The molecule has 3 unspecified atom stereocenters. The summed E-state index contributed by atoms with van der Waals surface area (Å²) in [5.74, 6) is 2.20. The first kappa shape index (κ1) is 20.2. The van der Waals surface area contributed by atoms with E-state index in [0.717, 1.165) is 39.5 Å². The average molecular weight is 446 g/mol. The Balaban J connectivity index is 1.46. The third-order valence-corrected chi connectivity index (χ3v) is 6.92. The second-order valence-electron chi connectivity index (χ2n) is 9.27. The third-order valence-electron chi connectivity index (χ3n) is 6.92. The van der Waals surface area contributed by atoms with Crippen molar-refractivity contribution in [1.29, 1.82) is 0 Å². The Bertz CT molecular complexity index is 1340. The van der Waals surface area contributed by atoms with E-state index in [1.54, 1.807) is 4.90 Å². The average Bonchev–Trinajstić information content (AvgIpc) is 3.23. The third kappa shape index (κ3) is 3.45. The number of ether oxygens (including phenoxy) is 1. The van der Waals surface area contributed by atoms with Crippen LogP contribution < -0.4 is 4.74 Å². The molecule has 0 radical (unpaired) electrons. The summed E-state index contributed by atoms with van der Waals surface area (Å²) in [6.45, 7) is 3.98. The second-order valence-corrected chi connectivity index (χ2v) is 9.27. The number of H-pyrrole nitrogens is 1. The molecule has 1 aromatic carbocycles. The van der Waals surface area contributed by atoms with Crippen LogP contribution in [0.15, 0.2) is 42.7 Å². The van der Waals surface area contributed by atoms with Crippen molar-refractivity contribution in [2.75, 3.05) is 6.54 Å². The van der Waals surface area contributed by atoms with E-state index in [1.807, 2.05) is 42.7 Å². The van der Waals surface area contributed by atoms with Gasteiger partial charge >= 0.3 is 0 Å². The van der Waals surface area contributed by atoms with E-state index < -0.39 is 6.10 Å². The zero-order valence-corrected chi connectivity index (χ0v) is 18.7. The largest absolute Gasteiger partial charge is 0.490 e. The first-order valence-corrected chi connectivity index (χ1v) is 11.6. The minimum Gasteiger partial charge on any atom is -0.490 e. The molecule has 2 fully saturated rings. The molecule has 6 rings (SSSR count). The molecule has 0 bridgehead atoms. The summed E-state index contributed by atoms with van der Waals surface area (Å²) >= 11 is 0. The number of likely N-dealkylation sites (tertiary alicyclic amines) is 1. The lowest BCUT2D eigenvalue weighted by molar-refractivity contribution is -0.130. The molecular formula is C25H27N5O3. The molecule has 1 amide bonds. The summed E-state index contributed by atoms with van der Waals surface area (Å²) in [7, 11) is 0. The Morgan fingerprint density at radius 2 is 2.00 bits per heavy atom. The van der Waals surface area contributed by atoms with Gasteiger partial charge in [0.1, 0.15) is 11.6 Å². The van der Waals surface area contributed by atoms with Crippen molar-refractivity contribution in [2.24, 2.45) is 5.92 Å². The molecule has 2 aliphatic rings. The number of rotatable bonds is 5. The molecule has 3 atom stereocenters. The summed E-state index contributed by atoms with van der Waals surface area (Å²) in [6, 6.07) is 9.68. The topological polar surface area (TPSA) is 95.8 Å². The molecule has 170 valence electrons. The highest BCUT2D eigenvalue weighted by Crippen LogP contribution is 2.38. The Labute approximate surface area is 191 Å². The maximum Gasteiger partial charge on any atom is 0.220 e. The second kappa shape index (κ2) is 7.59. The SMILES string of the molecule is CC(=O)N1CC(O)CC1c1nc(-c2ccc(OC(C)C3CC3)cc2)c2cnc3[nH]ccc3n12. The normalized spacial score (nSPS) is 21.7. The van der Waals surface area contributed by atoms with Gasteiger partial charge in [0.15, 0.2) is 5.65 Å². The summed E-state index contributed by atoms with van der Waals surface area (Å²) in [5.41, 5.74) is 4.26. The van der Waals surface area contributed by atoms with E-state index in [-0.39, 0.29) is 18.1 Å². The number of aromatic nitrogens is 4. The van der Waals surface area contributed by atoms with Gasteiger partial charge in [0, 0.05) is 31.6 Å². The molecule has 8 heteroatoms. The molecule has 1 saturated carbocycles. The fourth-order valence-corrected chi connectivity index (χ4v) is 5.00. The fourth-order valence-electron chi connectivity index (χ4n) is 5.00. The predicted octanol–water partition coefficient (Wildman–Crippen LogP) is 3.71. The van der Waals surface area contributed by atoms with Crippen LogP contribution in [-0.4, -0.2) is 54.0 Å². The number of carbonyl (C=O) groups excluding carboxylic acids is 1. The van der Waals surface area contributed by atoms with E-state index in [2.05, 4.69) is 21.3 Å². The lowest BCUT2D eigenvalue weighted by atomic mass is 10.1. The van der Waals surface area contributed by atoms with Crippen molar-refractivity contribution in [3.63, 3.8) is 0 Å². The van der Waals surface area contributed by atoms with Crippen molar-refractivity contribution < 1.29 is 14.6 Å². The maximum atomic E-state index is 12.3. The summed E-state index contributed by atoms with van der Waals surface area (Å²) in [5, 5.41) is 10.3. The molecule has 4 heterocycles. The Morgan fingerprint density at radius 1 is 1.21 bits per heavy atom. The van der Waals surface area contributed by atoms with Gasteiger partial charge in [0.2, 0.25) is 5.91 Å². The number of aromatic amines is 1. The first-order valence-electron chi connectivity index (χ1n) is 11.6. The van der Waals surface area contributed by atoms with Crippen molar-refractivity contribution in [2.45, 2.75) is 51.4 Å². The number of nitrogens with one attached hydrogen (secondary N) is 1. The highest BCUT2D eigenvalue weighted by Gasteiger charge is 2.37. The molecule has 2 N–H and O–H groups in total.